The van der Waals surface area contributed by atoms with Crippen LogP contribution in [-0.2, 0) is 11.2 Å². The molecule has 1 aliphatic heterocycles. The first kappa shape index (κ1) is 14.9. The number of carbonyl (C=O) groups is 1. The molecule has 1 aliphatic rings. The van der Waals surface area contributed by atoms with E-state index < -0.39 is 0 Å². The number of anilines is 1. The lowest BCUT2D eigenvalue weighted by molar-refractivity contribution is -0.132. The van der Waals surface area contributed by atoms with Gasteiger partial charge in [-0.2, -0.15) is 0 Å². The topological polar surface area (TPSA) is 49.6 Å². The van der Waals surface area contributed by atoms with Crippen molar-refractivity contribution in [1.29, 1.82) is 0 Å². The highest BCUT2D eigenvalue weighted by molar-refractivity contribution is 5.76. The van der Waals surface area contributed by atoms with Crippen molar-refractivity contribution >= 4 is 11.6 Å². The lowest BCUT2D eigenvalue weighted by Gasteiger charge is -2.35. The summed E-state index contributed by atoms with van der Waals surface area (Å²) >= 11 is 0. The van der Waals surface area contributed by atoms with Crippen LogP contribution in [0.5, 0.6) is 0 Å². The van der Waals surface area contributed by atoms with E-state index in [1.807, 2.05) is 29.2 Å². The summed E-state index contributed by atoms with van der Waals surface area (Å²) in [6.07, 6.45) is 3.52. The highest BCUT2D eigenvalue weighted by Gasteiger charge is 2.23. The van der Waals surface area contributed by atoms with Crippen LogP contribution in [0.25, 0.3) is 0 Å². The number of hydrogen-bond acceptors (Lipinski definition) is 3. The minimum atomic E-state index is 0.268. The van der Waals surface area contributed by atoms with Gasteiger partial charge < -0.3 is 15.5 Å². The van der Waals surface area contributed by atoms with Crippen molar-refractivity contribution in [2.45, 2.75) is 31.7 Å². The minimum absolute atomic E-state index is 0.268. The highest BCUT2D eigenvalue weighted by Crippen LogP contribution is 2.16. The Morgan fingerprint density at radius 2 is 2.05 bits per heavy atom. The smallest absolute Gasteiger partial charge is 0.222 e. The minimum Gasteiger partial charge on any atom is -0.399 e. The van der Waals surface area contributed by atoms with Gasteiger partial charge in [-0.25, -0.2) is 0 Å². The van der Waals surface area contributed by atoms with Crippen molar-refractivity contribution in [3.63, 3.8) is 0 Å². The normalized spacial score (nSPS) is 16.6. The molecule has 110 valence electrons. The summed E-state index contributed by atoms with van der Waals surface area (Å²) < 4.78 is 0. The second-order valence-corrected chi connectivity index (χ2v) is 5.82. The third-order valence-corrected chi connectivity index (χ3v) is 4.13. The van der Waals surface area contributed by atoms with Gasteiger partial charge >= 0.3 is 0 Å². The van der Waals surface area contributed by atoms with Crippen LogP contribution in [0.4, 0.5) is 5.69 Å². The van der Waals surface area contributed by atoms with Crippen LogP contribution in [-0.4, -0.2) is 48.9 Å². The molecule has 1 aromatic rings. The Morgan fingerprint density at radius 3 is 2.65 bits per heavy atom. The molecule has 4 heteroatoms. The van der Waals surface area contributed by atoms with Gasteiger partial charge in [0, 0.05) is 31.2 Å². The van der Waals surface area contributed by atoms with Crippen LogP contribution in [0, 0.1) is 0 Å². The zero-order valence-electron chi connectivity index (χ0n) is 12.5. The Hall–Kier alpha value is -1.55. The molecule has 2 rings (SSSR count). The standard InChI is InChI=1S/C16H25N3O/c1-18(2)15-8-10-19(11-9-15)16(20)7-6-13-4-3-5-14(17)12-13/h3-5,12,15H,6-11,17H2,1-2H3. The molecule has 0 bridgehead atoms. The van der Waals surface area contributed by atoms with Crippen molar-refractivity contribution in [1.82, 2.24) is 9.80 Å². The van der Waals surface area contributed by atoms with Crippen molar-refractivity contribution in [2.24, 2.45) is 0 Å². The van der Waals surface area contributed by atoms with Gasteiger partial charge in [-0.1, -0.05) is 12.1 Å². The van der Waals surface area contributed by atoms with E-state index in [1.165, 1.54) is 0 Å². The first-order valence-electron chi connectivity index (χ1n) is 7.35. The zero-order valence-corrected chi connectivity index (χ0v) is 12.5. The lowest BCUT2D eigenvalue weighted by Crippen LogP contribution is -2.44. The predicted octanol–water partition coefficient (Wildman–Crippen LogP) is 1.75. The zero-order chi connectivity index (χ0) is 14.5. The first-order valence-corrected chi connectivity index (χ1v) is 7.35. The van der Waals surface area contributed by atoms with Crippen LogP contribution in [0.15, 0.2) is 24.3 Å². The molecule has 1 aromatic carbocycles. The maximum Gasteiger partial charge on any atom is 0.222 e. The summed E-state index contributed by atoms with van der Waals surface area (Å²) in [5.74, 6) is 0.268. The van der Waals surface area contributed by atoms with E-state index in [2.05, 4.69) is 19.0 Å². The fraction of sp³-hybridized carbons (Fsp3) is 0.562. The third-order valence-electron chi connectivity index (χ3n) is 4.13. The Kier molecular flexibility index (Phi) is 5.01. The molecule has 0 aromatic heterocycles. The number of nitrogens with zero attached hydrogens (tertiary/aromatic N) is 2. The molecular weight excluding hydrogens is 250 g/mol. The summed E-state index contributed by atoms with van der Waals surface area (Å²) in [6.45, 7) is 1.78. The number of piperidine rings is 1. The monoisotopic (exact) mass is 275 g/mol. The second kappa shape index (κ2) is 6.75. The molecule has 0 aliphatic carbocycles. The maximum atomic E-state index is 12.2. The molecule has 0 unspecified atom stereocenters. The Bertz CT molecular complexity index is 451. The Morgan fingerprint density at radius 1 is 1.35 bits per heavy atom. The number of nitrogen functional groups attached to an aromatic ring is 1. The molecule has 2 N–H and O–H groups in total. The quantitative estimate of drug-likeness (QED) is 0.852. The number of likely N-dealkylation sites (tertiary alicyclic amines) is 1. The van der Waals surface area contributed by atoms with E-state index in [0.717, 1.165) is 43.6 Å². The van der Waals surface area contributed by atoms with E-state index in [1.54, 1.807) is 0 Å². The molecule has 4 nitrogen and oxygen atoms in total. The number of aryl methyl sites for hydroxylation is 1. The van der Waals surface area contributed by atoms with E-state index in [0.29, 0.717) is 12.5 Å². The van der Waals surface area contributed by atoms with Crippen molar-refractivity contribution in [3.05, 3.63) is 29.8 Å². The number of carbonyl (C=O) groups excluding carboxylic acids is 1. The van der Waals surface area contributed by atoms with Crippen molar-refractivity contribution in [3.8, 4) is 0 Å². The second-order valence-electron chi connectivity index (χ2n) is 5.82. The summed E-state index contributed by atoms with van der Waals surface area (Å²) in [7, 11) is 4.23. The van der Waals surface area contributed by atoms with Gasteiger partial charge in [0.25, 0.3) is 0 Å². The van der Waals surface area contributed by atoms with Gasteiger partial charge in [0.2, 0.25) is 5.91 Å². The first-order chi connectivity index (χ1) is 9.56. The van der Waals surface area contributed by atoms with Gasteiger partial charge in [0.05, 0.1) is 0 Å². The molecule has 1 heterocycles. The van der Waals surface area contributed by atoms with Gasteiger partial charge in [-0.3, -0.25) is 4.79 Å². The molecule has 20 heavy (non-hydrogen) atoms. The van der Waals surface area contributed by atoms with Crippen LogP contribution in [0.3, 0.4) is 0 Å². The highest BCUT2D eigenvalue weighted by atomic mass is 16.2. The van der Waals surface area contributed by atoms with E-state index >= 15 is 0 Å². The van der Waals surface area contributed by atoms with Crippen molar-refractivity contribution in [2.75, 3.05) is 32.9 Å². The third kappa shape index (κ3) is 3.97. The van der Waals surface area contributed by atoms with Gasteiger partial charge in [-0.05, 0) is 51.1 Å². The van der Waals surface area contributed by atoms with Gasteiger partial charge in [0.15, 0.2) is 0 Å². The molecular formula is C16H25N3O. The average molecular weight is 275 g/mol. The fourth-order valence-corrected chi connectivity index (χ4v) is 2.79. The Balaban J connectivity index is 1.78. The Labute approximate surface area is 121 Å². The molecule has 1 amide bonds. The summed E-state index contributed by atoms with van der Waals surface area (Å²) in [5.41, 5.74) is 7.66. The van der Waals surface area contributed by atoms with Crippen LogP contribution >= 0.6 is 0 Å². The number of amides is 1. The van der Waals surface area contributed by atoms with E-state index in [-0.39, 0.29) is 5.91 Å². The number of benzene rings is 1. The summed E-state index contributed by atoms with van der Waals surface area (Å²) in [5, 5.41) is 0. The fourth-order valence-electron chi connectivity index (χ4n) is 2.79. The van der Waals surface area contributed by atoms with E-state index in [9.17, 15) is 4.79 Å². The maximum absolute atomic E-state index is 12.2. The summed E-state index contributed by atoms with van der Waals surface area (Å²) in [6, 6.07) is 8.41. The van der Waals surface area contributed by atoms with Gasteiger partial charge in [-0.15, -0.1) is 0 Å². The SMILES string of the molecule is CN(C)C1CCN(C(=O)CCc2cccc(N)c2)CC1. The molecule has 0 atom stereocenters. The molecule has 0 spiro atoms. The molecule has 0 saturated carbocycles. The molecule has 1 fully saturated rings. The number of rotatable bonds is 4. The predicted molar refractivity (Wildman–Crippen MR) is 82.5 cm³/mol. The van der Waals surface area contributed by atoms with Crippen LogP contribution < -0.4 is 5.73 Å². The largest absolute Gasteiger partial charge is 0.399 e. The van der Waals surface area contributed by atoms with Crippen molar-refractivity contribution < 1.29 is 4.79 Å². The van der Waals surface area contributed by atoms with Crippen LogP contribution in [0.2, 0.25) is 0 Å². The number of hydrogen-bond donors (Lipinski definition) is 1. The molecule has 0 radical (unpaired) electrons. The summed E-state index contributed by atoms with van der Waals surface area (Å²) in [4.78, 5) is 16.5. The lowest BCUT2D eigenvalue weighted by atomic mass is 10.0. The van der Waals surface area contributed by atoms with Crippen LogP contribution in [0.1, 0.15) is 24.8 Å². The van der Waals surface area contributed by atoms with Gasteiger partial charge in [0.1, 0.15) is 0 Å². The average Bonchev–Trinajstić information content (AvgIpc) is 2.45. The molecule has 1 saturated heterocycles. The van der Waals surface area contributed by atoms with E-state index in [4.69, 9.17) is 5.73 Å². The number of nitrogens with two attached hydrogens (primary N) is 1.